The summed E-state index contributed by atoms with van der Waals surface area (Å²) in [6, 6.07) is 6.50. The van der Waals surface area contributed by atoms with Gasteiger partial charge in [-0.3, -0.25) is 4.90 Å². The predicted octanol–water partition coefficient (Wildman–Crippen LogP) is 2.96. The van der Waals surface area contributed by atoms with E-state index in [2.05, 4.69) is 28.5 Å². The van der Waals surface area contributed by atoms with Crippen molar-refractivity contribution >= 4 is 21.4 Å². The van der Waals surface area contributed by atoms with E-state index < -0.39 is 0 Å². The second-order valence-electron chi connectivity index (χ2n) is 4.74. The lowest BCUT2D eigenvalue weighted by Gasteiger charge is -2.13. The molecule has 0 aliphatic carbocycles. The number of nitrogens with two attached hydrogens (primary N) is 1. The molecule has 0 unspecified atom stereocenters. The molecule has 3 rings (SSSR count). The van der Waals surface area contributed by atoms with Gasteiger partial charge in [-0.15, -0.1) is 11.3 Å². The second-order valence-corrected chi connectivity index (χ2v) is 5.62. The maximum Gasteiger partial charge on any atom is 0.0390 e. The maximum atomic E-state index is 5.79. The average Bonchev–Trinajstić information content (AvgIpc) is 2.99. The van der Waals surface area contributed by atoms with Crippen molar-refractivity contribution in [2.75, 3.05) is 13.1 Å². The van der Waals surface area contributed by atoms with Crippen LogP contribution >= 0.6 is 11.3 Å². The highest BCUT2D eigenvalue weighted by Gasteiger charge is 2.14. The van der Waals surface area contributed by atoms with Gasteiger partial charge in [0.1, 0.15) is 0 Å². The minimum absolute atomic E-state index is 0.640. The molecule has 1 saturated heterocycles. The fraction of sp³-hybridized carbons (Fsp3) is 0.429. The number of hydrogen-bond acceptors (Lipinski definition) is 3. The Labute approximate surface area is 106 Å². The quantitative estimate of drug-likeness (QED) is 0.902. The molecule has 3 heteroatoms. The number of likely N-dealkylation sites (tertiary alicyclic amines) is 1. The zero-order valence-electron chi connectivity index (χ0n) is 9.98. The van der Waals surface area contributed by atoms with E-state index in [0.29, 0.717) is 6.54 Å². The van der Waals surface area contributed by atoms with Crippen LogP contribution in [0.4, 0.5) is 0 Å². The lowest BCUT2D eigenvalue weighted by Crippen LogP contribution is -2.17. The normalized spacial score (nSPS) is 17.0. The van der Waals surface area contributed by atoms with E-state index in [0.717, 1.165) is 6.54 Å². The molecule has 1 aliphatic heterocycles. The van der Waals surface area contributed by atoms with Crippen LogP contribution in [0.3, 0.4) is 0 Å². The summed E-state index contributed by atoms with van der Waals surface area (Å²) in [6.45, 7) is 4.26. The molecule has 1 aromatic heterocycles. The third kappa shape index (κ3) is 2.10. The van der Waals surface area contributed by atoms with Crippen molar-refractivity contribution in [3.8, 4) is 0 Å². The first kappa shape index (κ1) is 11.2. The highest BCUT2D eigenvalue weighted by molar-refractivity contribution is 7.17. The molecule has 0 saturated carbocycles. The number of hydrogen-bond donors (Lipinski definition) is 1. The minimum Gasteiger partial charge on any atom is -0.326 e. The Kier molecular flexibility index (Phi) is 3.14. The molecular formula is C14H18N2S. The molecule has 1 fully saturated rings. The van der Waals surface area contributed by atoms with Gasteiger partial charge in [-0.2, -0.15) is 0 Å². The molecule has 2 N–H and O–H groups in total. The van der Waals surface area contributed by atoms with E-state index in [4.69, 9.17) is 5.73 Å². The first-order chi connectivity index (χ1) is 8.38. The second kappa shape index (κ2) is 4.77. The van der Waals surface area contributed by atoms with Crippen LogP contribution in [0.5, 0.6) is 0 Å². The van der Waals surface area contributed by atoms with Crippen molar-refractivity contribution in [3.63, 3.8) is 0 Å². The summed E-state index contributed by atoms with van der Waals surface area (Å²) >= 11 is 1.84. The fourth-order valence-corrected chi connectivity index (χ4v) is 3.73. The molecule has 0 amide bonds. The van der Waals surface area contributed by atoms with E-state index in [9.17, 15) is 0 Å². The Morgan fingerprint density at radius 1 is 1.18 bits per heavy atom. The van der Waals surface area contributed by atoms with Gasteiger partial charge in [-0.05, 0) is 47.8 Å². The molecule has 0 bridgehead atoms. The number of nitrogens with zero attached hydrogens (tertiary/aromatic N) is 1. The summed E-state index contributed by atoms with van der Waals surface area (Å²) < 4.78 is 1.38. The summed E-state index contributed by atoms with van der Waals surface area (Å²) in [6.07, 6.45) is 2.71. The molecule has 2 nitrogen and oxygen atoms in total. The van der Waals surface area contributed by atoms with E-state index in [1.54, 1.807) is 0 Å². The predicted molar refractivity (Wildman–Crippen MR) is 74.2 cm³/mol. The molecular weight excluding hydrogens is 228 g/mol. The fourth-order valence-electron chi connectivity index (χ4n) is 2.64. The van der Waals surface area contributed by atoms with E-state index >= 15 is 0 Å². The molecule has 1 aromatic carbocycles. The Bertz CT molecular complexity index is 512. The monoisotopic (exact) mass is 246 g/mol. The van der Waals surface area contributed by atoms with Crippen molar-refractivity contribution in [1.29, 1.82) is 0 Å². The van der Waals surface area contributed by atoms with Crippen molar-refractivity contribution in [2.45, 2.75) is 25.9 Å². The van der Waals surface area contributed by atoms with Crippen LogP contribution in [-0.2, 0) is 13.1 Å². The smallest absolute Gasteiger partial charge is 0.0390 e. The number of rotatable bonds is 3. The minimum atomic E-state index is 0.640. The third-order valence-electron chi connectivity index (χ3n) is 3.57. The molecule has 2 aromatic rings. The van der Waals surface area contributed by atoms with Crippen LogP contribution in [0.25, 0.3) is 10.1 Å². The van der Waals surface area contributed by atoms with Gasteiger partial charge in [0.15, 0.2) is 0 Å². The molecule has 1 aliphatic rings. The zero-order chi connectivity index (χ0) is 11.7. The summed E-state index contributed by atoms with van der Waals surface area (Å²) in [5, 5.41) is 3.71. The first-order valence-corrected chi connectivity index (χ1v) is 7.17. The third-order valence-corrected chi connectivity index (χ3v) is 4.69. The maximum absolute atomic E-state index is 5.79. The van der Waals surface area contributed by atoms with Gasteiger partial charge in [0.05, 0.1) is 0 Å². The number of benzene rings is 1. The summed E-state index contributed by atoms with van der Waals surface area (Å²) in [5.74, 6) is 0. The highest BCUT2D eigenvalue weighted by atomic mass is 32.1. The Balaban J connectivity index is 1.94. The van der Waals surface area contributed by atoms with Crippen molar-refractivity contribution in [2.24, 2.45) is 5.73 Å². The number of thiophene rings is 1. The van der Waals surface area contributed by atoms with Crippen molar-refractivity contribution in [3.05, 3.63) is 34.7 Å². The highest BCUT2D eigenvalue weighted by Crippen LogP contribution is 2.30. The molecule has 0 spiro atoms. The first-order valence-electron chi connectivity index (χ1n) is 6.29. The van der Waals surface area contributed by atoms with Crippen LogP contribution in [0.2, 0.25) is 0 Å². The summed E-state index contributed by atoms with van der Waals surface area (Å²) in [7, 11) is 0. The average molecular weight is 246 g/mol. The van der Waals surface area contributed by atoms with Gasteiger partial charge in [0, 0.05) is 17.8 Å². The molecule has 17 heavy (non-hydrogen) atoms. The molecule has 90 valence electrons. The van der Waals surface area contributed by atoms with Crippen LogP contribution < -0.4 is 5.73 Å². The van der Waals surface area contributed by atoms with E-state index in [-0.39, 0.29) is 0 Å². The van der Waals surface area contributed by atoms with E-state index in [1.165, 1.54) is 47.1 Å². The van der Waals surface area contributed by atoms with Gasteiger partial charge in [0.2, 0.25) is 0 Å². The Hall–Kier alpha value is -0.900. The largest absolute Gasteiger partial charge is 0.326 e. The lowest BCUT2D eigenvalue weighted by molar-refractivity contribution is 0.333. The Morgan fingerprint density at radius 2 is 2.00 bits per heavy atom. The summed E-state index contributed by atoms with van der Waals surface area (Å²) in [5.41, 5.74) is 8.54. The van der Waals surface area contributed by atoms with Crippen LogP contribution in [0.1, 0.15) is 24.0 Å². The molecule has 0 radical (unpaired) electrons. The van der Waals surface area contributed by atoms with Gasteiger partial charge >= 0.3 is 0 Å². The van der Waals surface area contributed by atoms with Gasteiger partial charge < -0.3 is 5.73 Å². The standard InChI is InChI=1S/C14H18N2S/c15-8-11-4-3-5-13-12(10-17-14(11)13)9-16-6-1-2-7-16/h3-5,10H,1-2,6-9,15H2. The zero-order valence-corrected chi connectivity index (χ0v) is 10.8. The molecule has 0 atom stereocenters. The van der Waals surface area contributed by atoms with Gasteiger partial charge in [-0.1, -0.05) is 18.2 Å². The number of fused-ring (bicyclic) bond motifs is 1. The van der Waals surface area contributed by atoms with Crippen molar-refractivity contribution in [1.82, 2.24) is 4.90 Å². The SMILES string of the molecule is NCc1cccc2c(CN3CCCC3)csc12. The van der Waals surface area contributed by atoms with Crippen LogP contribution in [0, 0.1) is 0 Å². The van der Waals surface area contributed by atoms with Crippen molar-refractivity contribution < 1.29 is 0 Å². The Morgan fingerprint density at radius 3 is 2.76 bits per heavy atom. The topological polar surface area (TPSA) is 29.3 Å². The van der Waals surface area contributed by atoms with E-state index in [1.807, 2.05) is 11.3 Å². The summed E-state index contributed by atoms with van der Waals surface area (Å²) in [4.78, 5) is 2.55. The van der Waals surface area contributed by atoms with Gasteiger partial charge in [-0.25, -0.2) is 0 Å². The van der Waals surface area contributed by atoms with Gasteiger partial charge in [0.25, 0.3) is 0 Å². The molecule has 2 heterocycles. The van der Waals surface area contributed by atoms with Crippen LogP contribution in [-0.4, -0.2) is 18.0 Å². The van der Waals surface area contributed by atoms with Crippen LogP contribution in [0.15, 0.2) is 23.6 Å². The lowest BCUT2D eigenvalue weighted by atomic mass is 10.1.